The van der Waals surface area contributed by atoms with Crippen molar-refractivity contribution in [3.8, 4) is 0 Å². The minimum absolute atomic E-state index is 0.155. The molecule has 1 aromatic rings. The fourth-order valence-electron chi connectivity index (χ4n) is 5.51. The summed E-state index contributed by atoms with van der Waals surface area (Å²) in [5, 5.41) is 9.89. The first-order chi connectivity index (χ1) is 14.8. The van der Waals surface area contributed by atoms with Crippen molar-refractivity contribution in [3.63, 3.8) is 0 Å². The molecule has 2 bridgehead atoms. The van der Waals surface area contributed by atoms with Gasteiger partial charge in [-0.2, -0.15) is 0 Å². The number of aliphatic hydroxyl groups excluding tert-OH is 1. The summed E-state index contributed by atoms with van der Waals surface area (Å²) in [5.41, 5.74) is 7.27. The van der Waals surface area contributed by atoms with Crippen LogP contribution in [0.1, 0.15) is 81.1 Å². The second-order valence-electron chi connectivity index (χ2n) is 9.42. The molecule has 0 saturated carbocycles. The molecule has 3 N–H and O–H groups in total. The molecule has 2 fully saturated rings. The number of benzene rings is 1. The summed E-state index contributed by atoms with van der Waals surface area (Å²) in [6, 6.07) is 8.81. The highest BCUT2D eigenvalue weighted by Crippen LogP contribution is 2.43. The number of carbonyl (C=O) groups is 2. The number of nitrogens with zero attached hydrogens (tertiary/aromatic N) is 2. The summed E-state index contributed by atoms with van der Waals surface area (Å²) in [6.07, 6.45) is 5.67. The molecule has 31 heavy (non-hydrogen) atoms. The van der Waals surface area contributed by atoms with Crippen molar-refractivity contribution in [1.82, 2.24) is 9.80 Å². The molecule has 0 aliphatic carbocycles. The van der Waals surface area contributed by atoms with E-state index in [-0.39, 0.29) is 11.8 Å². The van der Waals surface area contributed by atoms with Crippen LogP contribution in [0, 0.1) is 5.92 Å². The summed E-state index contributed by atoms with van der Waals surface area (Å²) in [5.74, 6) is 0.399. The molecule has 2 saturated heterocycles. The number of nitrogens with two attached hydrogens (primary N) is 1. The van der Waals surface area contributed by atoms with E-state index in [4.69, 9.17) is 5.73 Å². The van der Waals surface area contributed by atoms with E-state index in [0.717, 1.165) is 38.8 Å². The van der Waals surface area contributed by atoms with Crippen LogP contribution in [0.2, 0.25) is 0 Å². The quantitative estimate of drug-likeness (QED) is 0.598. The maximum Gasteiger partial charge on any atom is 0.251 e. The van der Waals surface area contributed by atoms with Crippen molar-refractivity contribution in [2.24, 2.45) is 11.7 Å². The van der Waals surface area contributed by atoms with Gasteiger partial charge in [-0.05, 0) is 62.1 Å². The Hall–Kier alpha value is -1.92. The zero-order chi connectivity index (χ0) is 22.5. The number of primary amides is 1. The standard InChI is InChI=1S/C25H39N3O3/c1-4-18(5-2)16-27(25(31)17(3)29)11-12-28-22-9-10-23(28)15-21(14-22)19-7-6-8-20(13-19)24(26)30/h6-8,13,17-18,21-23,29H,4-5,9-12,14-16H2,1-3H3,(H2,26,30)/t17-,21?,22?,23?/m0/s1. The third kappa shape index (κ3) is 5.66. The van der Waals surface area contributed by atoms with Crippen LogP contribution in [0.25, 0.3) is 0 Å². The van der Waals surface area contributed by atoms with E-state index in [1.807, 2.05) is 17.0 Å². The van der Waals surface area contributed by atoms with Crippen molar-refractivity contribution < 1.29 is 14.7 Å². The summed E-state index contributed by atoms with van der Waals surface area (Å²) >= 11 is 0. The Balaban J connectivity index is 1.64. The van der Waals surface area contributed by atoms with Crippen LogP contribution < -0.4 is 5.73 Å². The molecular formula is C25H39N3O3. The van der Waals surface area contributed by atoms with E-state index in [2.05, 4.69) is 24.8 Å². The third-order valence-corrected chi connectivity index (χ3v) is 7.46. The van der Waals surface area contributed by atoms with Crippen LogP contribution in [0.4, 0.5) is 0 Å². The predicted octanol–water partition coefficient (Wildman–Crippen LogP) is 3.14. The van der Waals surface area contributed by atoms with Gasteiger partial charge >= 0.3 is 0 Å². The zero-order valence-corrected chi connectivity index (χ0v) is 19.3. The lowest BCUT2D eigenvalue weighted by molar-refractivity contribution is -0.140. The van der Waals surface area contributed by atoms with Crippen molar-refractivity contribution in [1.29, 1.82) is 0 Å². The van der Waals surface area contributed by atoms with Gasteiger partial charge < -0.3 is 15.7 Å². The summed E-state index contributed by atoms with van der Waals surface area (Å²) in [6.45, 7) is 8.16. The molecule has 1 aromatic carbocycles. The molecule has 2 heterocycles. The van der Waals surface area contributed by atoms with Gasteiger partial charge in [-0.25, -0.2) is 0 Å². The Morgan fingerprint density at radius 2 is 1.84 bits per heavy atom. The summed E-state index contributed by atoms with van der Waals surface area (Å²) in [7, 11) is 0. The Labute approximate surface area is 186 Å². The van der Waals surface area contributed by atoms with Crippen molar-refractivity contribution in [2.45, 2.75) is 83.4 Å². The first-order valence-electron chi connectivity index (χ1n) is 12.0. The van der Waals surface area contributed by atoms with Crippen molar-refractivity contribution in [2.75, 3.05) is 19.6 Å². The monoisotopic (exact) mass is 429 g/mol. The molecule has 2 aliphatic rings. The molecule has 2 aliphatic heterocycles. The topological polar surface area (TPSA) is 86.9 Å². The van der Waals surface area contributed by atoms with Crippen LogP contribution in [0.3, 0.4) is 0 Å². The molecule has 0 radical (unpaired) electrons. The molecule has 2 amide bonds. The van der Waals surface area contributed by atoms with E-state index in [1.165, 1.54) is 18.4 Å². The van der Waals surface area contributed by atoms with Gasteiger partial charge in [0, 0.05) is 37.3 Å². The molecule has 3 rings (SSSR count). The van der Waals surface area contributed by atoms with Crippen LogP contribution in [0.5, 0.6) is 0 Å². The van der Waals surface area contributed by atoms with E-state index < -0.39 is 6.10 Å². The lowest BCUT2D eigenvalue weighted by Crippen LogP contribution is -2.49. The molecule has 6 heteroatoms. The second-order valence-corrected chi connectivity index (χ2v) is 9.42. The van der Waals surface area contributed by atoms with E-state index in [0.29, 0.717) is 36.0 Å². The van der Waals surface area contributed by atoms with Gasteiger partial charge in [-0.3, -0.25) is 14.5 Å². The number of hydrogen-bond donors (Lipinski definition) is 2. The third-order valence-electron chi connectivity index (χ3n) is 7.46. The van der Waals surface area contributed by atoms with Crippen LogP contribution >= 0.6 is 0 Å². The van der Waals surface area contributed by atoms with Gasteiger partial charge in [-0.1, -0.05) is 38.8 Å². The van der Waals surface area contributed by atoms with E-state index >= 15 is 0 Å². The number of hydrogen-bond acceptors (Lipinski definition) is 4. The number of fused-ring (bicyclic) bond motifs is 2. The van der Waals surface area contributed by atoms with Crippen LogP contribution in [0.15, 0.2) is 24.3 Å². The fourth-order valence-corrected chi connectivity index (χ4v) is 5.51. The summed E-state index contributed by atoms with van der Waals surface area (Å²) < 4.78 is 0. The molecule has 172 valence electrons. The van der Waals surface area contributed by atoms with Crippen LogP contribution in [-0.2, 0) is 4.79 Å². The van der Waals surface area contributed by atoms with Crippen molar-refractivity contribution >= 4 is 11.8 Å². The first kappa shape index (κ1) is 23.7. The van der Waals surface area contributed by atoms with E-state index in [9.17, 15) is 14.7 Å². The van der Waals surface area contributed by atoms with Gasteiger partial charge in [0.05, 0.1) is 0 Å². The zero-order valence-electron chi connectivity index (χ0n) is 19.3. The fraction of sp³-hybridized carbons (Fsp3) is 0.680. The largest absolute Gasteiger partial charge is 0.384 e. The highest BCUT2D eigenvalue weighted by molar-refractivity contribution is 5.92. The molecule has 3 atom stereocenters. The molecule has 6 nitrogen and oxygen atoms in total. The Morgan fingerprint density at radius 3 is 2.39 bits per heavy atom. The Kier molecular flexibility index (Phi) is 8.11. The lowest BCUT2D eigenvalue weighted by atomic mass is 9.84. The Morgan fingerprint density at radius 1 is 1.19 bits per heavy atom. The average molecular weight is 430 g/mol. The normalized spacial score (nSPS) is 24.4. The molecular weight excluding hydrogens is 390 g/mol. The van der Waals surface area contributed by atoms with Gasteiger partial charge in [0.2, 0.25) is 5.91 Å². The second kappa shape index (κ2) is 10.6. The minimum atomic E-state index is -0.950. The highest BCUT2D eigenvalue weighted by atomic mass is 16.3. The SMILES string of the molecule is CCC(CC)CN(CCN1C2CCC1CC(c1cccc(C(N)=O)c1)C2)C(=O)[C@H](C)O. The molecule has 2 unspecified atom stereocenters. The number of carbonyl (C=O) groups excluding carboxylic acids is 2. The molecule has 0 aromatic heterocycles. The van der Waals surface area contributed by atoms with Crippen molar-refractivity contribution in [3.05, 3.63) is 35.4 Å². The van der Waals surface area contributed by atoms with Gasteiger partial charge in [0.1, 0.15) is 6.10 Å². The first-order valence-corrected chi connectivity index (χ1v) is 12.0. The molecule has 0 spiro atoms. The highest BCUT2D eigenvalue weighted by Gasteiger charge is 2.41. The van der Waals surface area contributed by atoms with Crippen LogP contribution in [-0.4, -0.2) is 64.5 Å². The van der Waals surface area contributed by atoms with Gasteiger partial charge in [-0.15, -0.1) is 0 Å². The number of aliphatic hydroxyl groups is 1. The van der Waals surface area contributed by atoms with E-state index in [1.54, 1.807) is 13.0 Å². The number of amides is 2. The maximum absolute atomic E-state index is 12.6. The Bertz CT molecular complexity index is 748. The number of piperidine rings is 1. The summed E-state index contributed by atoms with van der Waals surface area (Å²) in [4.78, 5) is 28.6. The van der Waals surface area contributed by atoms with Gasteiger partial charge in [0.15, 0.2) is 0 Å². The lowest BCUT2D eigenvalue weighted by Gasteiger charge is -2.40. The maximum atomic E-state index is 12.6. The predicted molar refractivity (Wildman–Crippen MR) is 123 cm³/mol. The van der Waals surface area contributed by atoms with Gasteiger partial charge in [0.25, 0.3) is 5.91 Å². The smallest absolute Gasteiger partial charge is 0.251 e. The minimum Gasteiger partial charge on any atom is -0.384 e. The number of rotatable bonds is 10. The average Bonchev–Trinajstić information content (AvgIpc) is 3.00.